The van der Waals surface area contributed by atoms with E-state index < -0.39 is 6.17 Å². The van der Waals surface area contributed by atoms with Crippen LogP contribution in [0, 0.1) is 0 Å². The molecule has 0 saturated heterocycles. The second-order valence-corrected chi connectivity index (χ2v) is 5.65. The first-order valence-corrected chi connectivity index (χ1v) is 8.09. The zero-order valence-electron chi connectivity index (χ0n) is 13.4. The molecule has 2 aromatic rings. The molecule has 0 heterocycles. The first-order valence-electron chi connectivity index (χ1n) is 7.71. The van der Waals surface area contributed by atoms with Crippen molar-refractivity contribution in [2.45, 2.75) is 19.5 Å². The summed E-state index contributed by atoms with van der Waals surface area (Å²) < 4.78 is 0. The van der Waals surface area contributed by atoms with Crippen LogP contribution in [0.5, 0.6) is 0 Å². The highest BCUT2D eigenvalue weighted by Crippen LogP contribution is 2.11. The normalized spacial score (nSPS) is 11.4. The first-order chi connectivity index (χ1) is 11.6. The van der Waals surface area contributed by atoms with Crippen LogP contribution < -0.4 is 16.0 Å². The lowest BCUT2D eigenvalue weighted by Crippen LogP contribution is -2.51. The number of carbonyl (C=O) groups is 2. The van der Waals surface area contributed by atoms with Gasteiger partial charge in [0.15, 0.2) is 6.17 Å². The van der Waals surface area contributed by atoms with E-state index in [4.69, 9.17) is 11.6 Å². The lowest BCUT2D eigenvalue weighted by molar-refractivity contribution is -0.128. The van der Waals surface area contributed by atoms with Crippen molar-refractivity contribution >= 4 is 29.1 Å². The zero-order chi connectivity index (χ0) is 17.4. The Morgan fingerprint density at radius 2 is 1.83 bits per heavy atom. The second kappa shape index (κ2) is 8.93. The molecule has 5 nitrogen and oxygen atoms in total. The molecule has 0 radical (unpaired) electrons. The van der Waals surface area contributed by atoms with Crippen molar-refractivity contribution in [1.29, 1.82) is 0 Å². The van der Waals surface area contributed by atoms with E-state index in [0.29, 0.717) is 11.6 Å². The molecule has 0 bridgehead atoms. The van der Waals surface area contributed by atoms with E-state index in [9.17, 15) is 9.59 Å². The molecule has 6 heteroatoms. The summed E-state index contributed by atoms with van der Waals surface area (Å²) in [6, 6.07) is 16.3. The predicted molar refractivity (Wildman–Crippen MR) is 95.8 cm³/mol. The Kier molecular flexibility index (Phi) is 6.63. The number of hydrogen-bond donors (Lipinski definition) is 3. The van der Waals surface area contributed by atoms with Gasteiger partial charge in [0.25, 0.3) is 5.91 Å². The van der Waals surface area contributed by atoms with Crippen molar-refractivity contribution in [3.8, 4) is 0 Å². The fourth-order valence-electron chi connectivity index (χ4n) is 2.19. The quantitative estimate of drug-likeness (QED) is 0.675. The number of anilines is 1. The van der Waals surface area contributed by atoms with Crippen LogP contribution >= 0.6 is 11.6 Å². The number of nitrogens with one attached hydrogen (secondary N) is 3. The monoisotopic (exact) mass is 345 g/mol. The Bertz CT molecular complexity index is 692. The molecule has 24 heavy (non-hydrogen) atoms. The Labute approximate surface area is 146 Å². The highest BCUT2D eigenvalue weighted by molar-refractivity contribution is 6.30. The number of halogens is 1. The number of hydrogen-bond acceptors (Lipinski definition) is 3. The van der Waals surface area contributed by atoms with Crippen LogP contribution in [0.2, 0.25) is 5.02 Å². The highest BCUT2D eigenvalue weighted by Gasteiger charge is 2.20. The maximum absolute atomic E-state index is 12.3. The number of para-hydroxylation sites is 1. The van der Waals surface area contributed by atoms with Crippen LogP contribution in [0.25, 0.3) is 0 Å². The summed E-state index contributed by atoms with van der Waals surface area (Å²) in [6.07, 6.45) is -0.702. The minimum absolute atomic E-state index is 0.146. The largest absolute Gasteiger partial charge is 0.358 e. The van der Waals surface area contributed by atoms with E-state index in [1.807, 2.05) is 43.3 Å². The van der Waals surface area contributed by atoms with Gasteiger partial charge in [0.05, 0.1) is 6.42 Å². The van der Waals surface area contributed by atoms with E-state index >= 15 is 0 Å². The summed E-state index contributed by atoms with van der Waals surface area (Å²) in [4.78, 5) is 24.4. The molecular weight excluding hydrogens is 326 g/mol. The Hall–Kier alpha value is -2.53. The van der Waals surface area contributed by atoms with Gasteiger partial charge >= 0.3 is 0 Å². The lowest BCUT2D eigenvalue weighted by atomic mass is 10.1. The van der Waals surface area contributed by atoms with Crippen LogP contribution in [0.1, 0.15) is 12.5 Å². The van der Waals surface area contributed by atoms with E-state index in [2.05, 4.69) is 16.0 Å². The molecule has 3 N–H and O–H groups in total. The van der Waals surface area contributed by atoms with Gasteiger partial charge in [0.1, 0.15) is 0 Å². The summed E-state index contributed by atoms with van der Waals surface area (Å²) in [5, 5.41) is 9.01. The number of amides is 2. The summed E-state index contributed by atoms with van der Waals surface area (Å²) in [5.41, 5.74) is 1.53. The van der Waals surface area contributed by atoms with E-state index in [1.54, 1.807) is 18.2 Å². The summed E-state index contributed by atoms with van der Waals surface area (Å²) in [6.45, 7) is 2.31. The van der Waals surface area contributed by atoms with Gasteiger partial charge in [-0.1, -0.05) is 41.9 Å². The molecule has 2 amide bonds. The Morgan fingerprint density at radius 1 is 1.08 bits per heavy atom. The van der Waals surface area contributed by atoms with Crippen LogP contribution in [0.15, 0.2) is 54.6 Å². The molecule has 0 aliphatic heterocycles. The van der Waals surface area contributed by atoms with E-state index in [1.165, 1.54) is 0 Å². The van der Waals surface area contributed by atoms with Crippen LogP contribution in [-0.2, 0) is 16.0 Å². The number of likely N-dealkylation sites (N-methyl/N-ethyl adjacent to an activating group) is 1. The smallest absolute Gasteiger partial charge is 0.263 e. The molecule has 0 aliphatic carbocycles. The molecule has 1 atom stereocenters. The van der Waals surface area contributed by atoms with Crippen molar-refractivity contribution in [3.05, 3.63) is 65.2 Å². The zero-order valence-corrected chi connectivity index (χ0v) is 14.1. The minimum atomic E-state index is -0.848. The van der Waals surface area contributed by atoms with Crippen molar-refractivity contribution < 1.29 is 9.59 Å². The van der Waals surface area contributed by atoms with Gasteiger partial charge in [-0.2, -0.15) is 0 Å². The fourth-order valence-corrected chi connectivity index (χ4v) is 2.40. The van der Waals surface area contributed by atoms with Crippen LogP contribution in [0.3, 0.4) is 0 Å². The molecule has 126 valence electrons. The van der Waals surface area contributed by atoms with Gasteiger partial charge in [-0.3, -0.25) is 9.59 Å². The lowest BCUT2D eigenvalue weighted by Gasteiger charge is -2.20. The minimum Gasteiger partial charge on any atom is -0.358 e. The maximum atomic E-state index is 12.3. The number of benzene rings is 2. The van der Waals surface area contributed by atoms with Gasteiger partial charge in [0.2, 0.25) is 5.91 Å². The predicted octanol–water partition coefficient (Wildman–Crippen LogP) is 2.57. The summed E-state index contributed by atoms with van der Waals surface area (Å²) >= 11 is 5.92. The first kappa shape index (κ1) is 17.8. The molecule has 0 aromatic heterocycles. The second-order valence-electron chi connectivity index (χ2n) is 5.21. The third kappa shape index (κ3) is 5.59. The SMILES string of the molecule is CCNC(=O)C(NC(=O)Cc1cccc(Cl)c1)Nc1ccccc1. The molecule has 0 fully saturated rings. The number of rotatable bonds is 7. The third-order valence-corrected chi connectivity index (χ3v) is 3.49. The highest BCUT2D eigenvalue weighted by atomic mass is 35.5. The summed E-state index contributed by atoms with van der Waals surface area (Å²) in [7, 11) is 0. The molecule has 2 aromatic carbocycles. The Balaban J connectivity index is 2.03. The van der Waals surface area contributed by atoms with E-state index in [0.717, 1.165) is 11.3 Å². The van der Waals surface area contributed by atoms with Crippen molar-refractivity contribution in [1.82, 2.24) is 10.6 Å². The average molecular weight is 346 g/mol. The van der Waals surface area contributed by atoms with Gasteiger partial charge in [-0.25, -0.2) is 0 Å². The van der Waals surface area contributed by atoms with Gasteiger partial charge < -0.3 is 16.0 Å². The maximum Gasteiger partial charge on any atom is 0.263 e. The topological polar surface area (TPSA) is 70.2 Å². The molecule has 2 rings (SSSR count). The molecule has 1 unspecified atom stereocenters. The van der Waals surface area contributed by atoms with Crippen molar-refractivity contribution in [2.75, 3.05) is 11.9 Å². The Morgan fingerprint density at radius 3 is 2.50 bits per heavy atom. The van der Waals surface area contributed by atoms with Crippen molar-refractivity contribution in [3.63, 3.8) is 0 Å². The molecular formula is C18H20ClN3O2. The fraction of sp³-hybridized carbons (Fsp3) is 0.222. The standard InChI is InChI=1S/C18H20ClN3O2/c1-2-20-18(24)17(21-15-9-4-3-5-10-15)22-16(23)12-13-7-6-8-14(19)11-13/h3-11,17,21H,2,12H2,1H3,(H,20,24)(H,22,23). The molecule has 0 spiro atoms. The van der Waals surface area contributed by atoms with Crippen LogP contribution in [0.4, 0.5) is 5.69 Å². The van der Waals surface area contributed by atoms with Crippen LogP contribution in [-0.4, -0.2) is 24.5 Å². The van der Waals surface area contributed by atoms with Gasteiger partial charge in [-0.15, -0.1) is 0 Å². The molecule has 0 saturated carbocycles. The van der Waals surface area contributed by atoms with E-state index in [-0.39, 0.29) is 18.2 Å². The van der Waals surface area contributed by atoms with Crippen molar-refractivity contribution in [2.24, 2.45) is 0 Å². The average Bonchev–Trinajstić information content (AvgIpc) is 2.55. The summed E-state index contributed by atoms with van der Waals surface area (Å²) in [5.74, 6) is -0.558. The molecule has 0 aliphatic rings. The third-order valence-electron chi connectivity index (χ3n) is 3.26. The van der Waals surface area contributed by atoms with Gasteiger partial charge in [-0.05, 0) is 36.8 Å². The van der Waals surface area contributed by atoms with Gasteiger partial charge in [0, 0.05) is 17.3 Å². The number of carbonyl (C=O) groups excluding carboxylic acids is 2.